The molecule has 0 spiro atoms. The first-order valence-corrected chi connectivity index (χ1v) is 8.11. The fourth-order valence-electron chi connectivity index (χ4n) is 3.09. The number of hydrogen-bond acceptors (Lipinski definition) is 4. The van der Waals surface area contributed by atoms with Gasteiger partial charge in [-0.05, 0) is 30.7 Å². The minimum atomic E-state index is -1.12. The maximum atomic E-state index is 12.9. The van der Waals surface area contributed by atoms with Gasteiger partial charge in [0.15, 0.2) is 0 Å². The lowest BCUT2D eigenvalue weighted by Gasteiger charge is -2.11. The Morgan fingerprint density at radius 1 is 1.15 bits per heavy atom. The molecule has 1 aromatic carbocycles. The summed E-state index contributed by atoms with van der Waals surface area (Å²) in [4.78, 5) is 33.4. The molecule has 0 saturated heterocycles. The number of benzene rings is 1. The topological polar surface area (TPSA) is 85.1 Å². The molecule has 4 aromatic rings. The number of aromatic carboxylic acids is 1. The number of hydrogen-bond donors (Lipinski definition) is 1. The number of fused-ring (bicyclic) bond motifs is 2. The summed E-state index contributed by atoms with van der Waals surface area (Å²) in [5.74, 6) is -1.12. The molecule has 3 heterocycles. The van der Waals surface area contributed by atoms with Crippen LogP contribution < -0.4 is 5.56 Å². The van der Waals surface area contributed by atoms with Crippen molar-refractivity contribution in [2.75, 3.05) is 0 Å². The largest absolute Gasteiger partial charge is 0.478 e. The second kappa shape index (κ2) is 6.07. The van der Waals surface area contributed by atoms with Crippen molar-refractivity contribution < 1.29 is 9.90 Å². The zero-order chi connectivity index (χ0) is 18.3. The molecule has 0 bridgehead atoms. The molecule has 0 radical (unpaired) electrons. The number of pyridine rings is 3. The molecule has 0 unspecified atom stereocenters. The highest BCUT2D eigenvalue weighted by Crippen LogP contribution is 2.22. The Bertz CT molecular complexity index is 1210. The van der Waals surface area contributed by atoms with Gasteiger partial charge >= 0.3 is 5.97 Å². The summed E-state index contributed by atoms with van der Waals surface area (Å²) in [5.41, 5.74) is 2.23. The van der Waals surface area contributed by atoms with E-state index in [0.29, 0.717) is 16.6 Å². The summed E-state index contributed by atoms with van der Waals surface area (Å²) in [7, 11) is 0. The fraction of sp³-hybridized carbons (Fsp3) is 0.100. The fourth-order valence-corrected chi connectivity index (χ4v) is 3.09. The predicted octanol–water partition coefficient (Wildman–Crippen LogP) is 3.00. The first kappa shape index (κ1) is 16.0. The van der Waals surface area contributed by atoms with E-state index in [1.165, 1.54) is 10.8 Å². The van der Waals surface area contributed by atoms with Gasteiger partial charge in [0.1, 0.15) is 5.56 Å². The van der Waals surface area contributed by atoms with Gasteiger partial charge in [-0.3, -0.25) is 9.78 Å². The Labute approximate surface area is 148 Å². The normalized spacial score (nSPS) is 11.1. The predicted molar refractivity (Wildman–Crippen MR) is 98.5 cm³/mol. The lowest BCUT2D eigenvalue weighted by atomic mass is 10.1. The smallest absolute Gasteiger partial charge is 0.339 e. The van der Waals surface area contributed by atoms with E-state index in [9.17, 15) is 14.7 Å². The quantitative estimate of drug-likeness (QED) is 0.577. The van der Waals surface area contributed by atoms with Crippen molar-refractivity contribution in [2.24, 2.45) is 0 Å². The number of nitrogens with zero attached hydrogens (tertiary/aromatic N) is 3. The Hall–Kier alpha value is -3.54. The summed E-state index contributed by atoms with van der Waals surface area (Å²) < 4.78 is 1.37. The van der Waals surface area contributed by atoms with Crippen LogP contribution in [0.1, 0.15) is 21.6 Å². The van der Waals surface area contributed by atoms with Crippen molar-refractivity contribution in [3.05, 3.63) is 82.0 Å². The van der Waals surface area contributed by atoms with E-state index in [1.54, 1.807) is 24.4 Å². The van der Waals surface area contributed by atoms with Crippen LogP contribution in [-0.2, 0) is 6.54 Å². The first-order chi connectivity index (χ1) is 12.5. The zero-order valence-electron chi connectivity index (χ0n) is 14.0. The lowest BCUT2D eigenvalue weighted by molar-refractivity contribution is 0.0698. The van der Waals surface area contributed by atoms with E-state index in [2.05, 4.69) is 9.97 Å². The number of aromatic nitrogens is 3. The van der Waals surface area contributed by atoms with Crippen molar-refractivity contribution in [1.29, 1.82) is 0 Å². The molecule has 6 heteroatoms. The molecule has 3 aromatic heterocycles. The molecular formula is C20H15N3O3. The number of aryl methyl sites for hydroxylation is 1. The van der Waals surface area contributed by atoms with Crippen molar-refractivity contribution in [3.63, 3.8) is 0 Å². The second-order valence-electron chi connectivity index (χ2n) is 6.13. The van der Waals surface area contributed by atoms with Crippen LogP contribution >= 0.6 is 0 Å². The van der Waals surface area contributed by atoms with E-state index < -0.39 is 5.97 Å². The summed E-state index contributed by atoms with van der Waals surface area (Å²) in [5, 5.41) is 10.7. The number of carboxylic acids is 1. The van der Waals surface area contributed by atoms with Gasteiger partial charge in [-0.25, -0.2) is 9.78 Å². The van der Waals surface area contributed by atoms with E-state index in [1.807, 2.05) is 31.2 Å². The van der Waals surface area contributed by atoms with Crippen LogP contribution in [0.15, 0.2) is 59.7 Å². The van der Waals surface area contributed by atoms with Gasteiger partial charge in [-0.1, -0.05) is 24.3 Å². The number of carbonyl (C=O) groups is 1. The third-order valence-corrected chi connectivity index (χ3v) is 4.37. The third-order valence-electron chi connectivity index (χ3n) is 4.37. The van der Waals surface area contributed by atoms with Crippen molar-refractivity contribution in [3.8, 4) is 0 Å². The number of carboxylic acid groups (broad SMARTS) is 1. The van der Waals surface area contributed by atoms with Crippen LogP contribution in [0.25, 0.3) is 21.8 Å². The van der Waals surface area contributed by atoms with Crippen molar-refractivity contribution in [1.82, 2.24) is 14.5 Å². The molecule has 0 atom stereocenters. The molecule has 0 aliphatic carbocycles. The second-order valence-corrected chi connectivity index (χ2v) is 6.13. The molecule has 0 aliphatic rings. The van der Waals surface area contributed by atoms with Crippen LogP contribution in [-0.4, -0.2) is 25.6 Å². The Balaban J connectivity index is 2.03. The molecule has 6 nitrogen and oxygen atoms in total. The highest BCUT2D eigenvalue weighted by Gasteiger charge is 2.17. The van der Waals surface area contributed by atoms with Crippen LogP contribution in [0.2, 0.25) is 0 Å². The highest BCUT2D eigenvalue weighted by molar-refractivity contribution is 6.04. The lowest BCUT2D eigenvalue weighted by Crippen LogP contribution is -2.23. The molecule has 0 fully saturated rings. The van der Waals surface area contributed by atoms with Crippen LogP contribution in [0, 0.1) is 6.92 Å². The molecule has 4 rings (SSSR count). The average Bonchev–Trinajstić information content (AvgIpc) is 2.64. The highest BCUT2D eigenvalue weighted by atomic mass is 16.4. The monoisotopic (exact) mass is 345 g/mol. The maximum Gasteiger partial charge on any atom is 0.339 e. The molecule has 0 amide bonds. The molecule has 128 valence electrons. The van der Waals surface area contributed by atoms with Gasteiger partial charge in [-0.2, -0.15) is 0 Å². The van der Waals surface area contributed by atoms with Crippen LogP contribution in [0.5, 0.6) is 0 Å². The standard InChI is InChI=1S/C20H15N3O3/c1-12-5-4-6-13-9-15-18(22-17(12)13)16(20(25)26)11-23(19(15)24)10-14-7-2-3-8-21-14/h2-9,11H,10H2,1H3,(H,25,26). The van der Waals surface area contributed by atoms with E-state index >= 15 is 0 Å². The average molecular weight is 345 g/mol. The van der Waals surface area contributed by atoms with E-state index in [4.69, 9.17) is 0 Å². The summed E-state index contributed by atoms with van der Waals surface area (Å²) in [6.45, 7) is 2.10. The van der Waals surface area contributed by atoms with Gasteiger partial charge in [0.25, 0.3) is 5.56 Å². The Kier molecular flexibility index (Phi) is 3.73. The Morgan fingerprint density at radius 2 is 2.00 bits per heavy atom. The van der Waals surface area contributed by atoms with Gasteiger partial charge < -0.3 is 9.67 Å². The van der Waals surface area contributed by atoms with Crippen molar-refractivity contribution >= 4 is 27.8 Å². The van der Waals surface area contributed by atoms with Gasteiger partial charge in [-0.15, -0.1) is 0 Å². The van der Waals surface area contributed by atoms with Crippen LogP contribution in [0.3, 0.4) is 0 Å². The summed E-state index contributed by atoms with van der Waals surface area (Å²) >= 11 is 0. The number of para-hydroxylation sites is 1. The van der Waals surface area contributed by atoms with Gasteiger partial charge in [0, 0.05) is 17.8 Å². The van der Waals surface area contributed by atoms with Crippen molar-refractivity contribution in [2.45, 2.75) is 13.5 Å². The van der Waals surface area contributed by atoms with E-state index in [0.717, 1.165) is 10.9 Å². The SMILES string of the molecule is Cc1cccc2cc3c(=O)n(Cc4ccccn4)cc(C(=O)O)c3nc12. The molecular weight excluding hydrogens is 330 g/mol. The maximum absolute atomic E-state index is 12.9. The van der Waals surface area contributed by atoms with Gasteiger partial charge in [0.05, 0.1) is 28.7 Å². The Morgan fingerprint density at radius 3 is 2.73 bits per heavy atom. The summed E-state index contributed by atoms with van der Waals surface area (Å²) in [6, 6.07) is 12.8. The molecule has 1 N–H and O–H groups in total. The third kappa shape index (κ3) is 2.61. The first-order valence-electron chi connectivity index (χ1n) is 8.11. The number of rotatable bonds is 3. The minimum Gasteiger partial charge on any atom is -0.478 e. The molecule has 26 heavy (non-hydrogen) atoms. The van der Waals surface area contributed by atoms with E-state index in [-0.39, 0.29) is 23.2 Å². The zero-order valence-corrected chi connectivity index (χ0v) is 14.0. The minimum absolute atomic E-state index is 0.000634. The van der Waals surface area contributed by atoms with Gasteiger partial charge in [0.2, 0.25) is 0 Å². The molecule has 0 aliphatic heterocycles. The summed E-state index contributed by atoms with van der Waals surface area (Å²) in [6.07, 6.45) is 2.98. The van der Waals surface area contributed by atoms with Crippen LogP contribution in [0.4, 0.5) is 0 Å². The molecule has 0 saturated carbocycles.